The second kappa shape index (κ2) is 6.20. The summed E-state index contributed by atoms with van der Waals surface area (Å²) in [7, 11) is 0. The van der Waals surface area contributed by atoms with Crippen LogP contribution in [0.1, 0.15) is 48.9 Å². The van der Waals surface area contributed by atoms with Crippen molar-refractivity contribution in [2.75, 3.05) is 0 Å². The number of aliphatic carboxylic acids is 1. The maximum Gasteiger partial charge on any atom is 0.305 e. The largest absolute Gasteiger partial charge is 0.481 e. The standard InChI is InChI=1S/C15H17F2NO3/c16-11-6-10(7-12(17)8-11)14(21)18-15(9-13(19)20)4-2-1-3-5-15/h6-8H,1-5,9H2,(H,18,21)(H,19,20). The van der Waals surface area contributed by atoms with Gasteiger partial charge in [-0.3, -0.25) is 9.59 Å². The van der Waals surface area contributed by atoms with Crippen molar-refractivity contribution in [2.45, 2.75) is 44.1 Å². The summed E-state index contributed by atoms with van der Waals surface area (Å²) in [5, 5.41) is 11.7. The van der Waals surface area contributed by atoms with Gasteiger partial charge in [0.15, 0.2) is 0 Å². The number of carbonyl (C=O) groups is 2. The molecule has 0 spiro atoms. The second-order valence-electron chi connectivity index (χ2n) is 5.52. The lowest BCUT2D eigenvalue weighted by atomic mass is 9.79. The number of hydrogen-bond acceptors (Lipinski definition) is 2. The summed E-state index contributed by atoms with van der Waals surface area (Å²) in [5.41, 5.74) is -0.966. The average molecular weight is 297 g/mol. The van der Waals surface area contributed by atoms with E-state index in [-0.39, 0.29) is 12.0 Å². The summed E-state index contributed by atoms with van der Waals surface area (Å²) >= 11 is 0. The second-order valence-corrected chi connectivity index (χ2v) is 5.52. The van der Waals surface area contributed by atoms with Crippen molar-refractivity contribution in [3.8, 4) is 0 Å². The minimum Gasteiger partial charge on any atom is -0.481 e. The molecule has 0 radical (unpaired) electrons. The maximum absolute atomic E-state index is 13.2. The van der Waals surface area contributed by atoms with E-state index in [0.29, 0.717) is 18.9 Å². The first-order valence-electron chi connectivity index (χ1n) is 6.91. The van der Waals surface area contributed by atoms with Crippen molar-refractivity contribution in [3.63, 3.8) is 0 Å². The van der Waals surface area contributed by atoms with Crippen LogP contribution in [0.3, 0.4) is 0 Å². The summed E-state index contributed by atoms with van der Waals surface area (Å²) in [6.45, 7) is 0. The van der Waals surface area contributed by atoms with Crippen LogP contribution in [0, 0.1) is 11.6 Å². The van der Waals surface area contributed by atoms with Gasteiger partial charge in [0, 0.05) is 11.6 Å². The van der Waals surface area contributed by atoms with Gasteiger partial charge < -0.3 is 10.4 Å². The fourth-order valence-corrected chi connectivity index (χ4v) is 2.86. The van der Waals surface area contributed by atoms with Crippen molar-refractivity contribution >= 4 is 11.9 Å². The SMILES string of the molecule is O=C(O)CC1(NC(=O)c2cc(F)cc(F)c2)CCCCC1. The number of halogens is 2. The molecule has 114 valence electrons. The molecule has 1 fully saturated rings. The lowest BCUT2D eigenvalue weighted by Gasteiger charge is -2.37. The minimum atomic E-state index is -0.998. The van der Waals surface area contributed by atoms with E-state index in [4.69, 9.17) is 5.11 Å². The number of hydrogen-bond donors (Lipinski definition) is 2. The highest BCUT2D eigenvalue weighted by Gasteiger charge is 2.36. The lowest BCUT2D eigenvalue weighted by molar-refractivity contribution is -0.139. The first-order chi connectivity index (χ1) is 9.90. The molecule has 21 heavy (non-hydrogen) atoms. The summed E-state index contributed by atoms with van der Waals surface area (Å²) in [6.07, 6.45) is 3.57. The number of amides is 1. The Kier molecular flexibility index (Phi) is 4.55. The van der Waals surface area contributed by atoms with Crippen LogP contribution in [-0.4, -0.2) is 22.5 Å². The number of carboxylic acid groups (broad SMARTS) is 1. The van der Waals surface area contributed by atoms with E-state index in [1.54, 1.807) is 0 Å². The van der Waals surface area contributed by atoms with Gasteiger partial charge in [0.1, 0.15) is 11.6 Å². The fraction of sp³-hybridized carbons (Fsp3) is 0.467. The molecule has 0 unspecified atom stereocenters. The zero-order chi connectivity index (χ0) is 15.5. The molecule has 2 N–H and O–H groups in total. The predicted molar refractivity (Wildman–Crippen MR) is 71.9 cm³/mol. The topological polar surface area (TPSA) is 66.4 Å². The minimum absolute atomic E-state index is 0.136. The van der Waals surface area contributed by atoms with Crippen LogP contribution in [0.2, 0.25) is 0 Å². The van der Waals surface area contributed by atoms with E-state index < -0.39 is 29.0 Å². The molecule has 2 rings (SSSR count). The van der Waals surface area contributed by atoms with Crippen LogP contribution in [0.25, 0.3) is 0 Å². The molecule has 0 saturated heterocycles. The predicted octanol–water partition coefficient (Wildman–Crippen LogP) is 2.87. The van der Waals surface area contributed by atoms with E-state index in [1.165, 1.54) is 0 Å². The molecule has 1 aliphatic carbocycles. The third-order valence-electron chi connectivity index (χ3n) is 3.80. The van der Waals surface area contributed by atoms with E-state index in [2.05, 4.69) is 5.32 Å². The molecular weight excluding hydrogens is 280 g/mol. The highest BCUT2D eigenvalue weighted by molar-refractivity contribution is 5.95. The van der Waals surface area contributed by atoms with Crippen LogP contribution in [0.4, 0.5) is 8.78 Å². The first-order valence-corrected chi connectivity index (χ1v) is 6.91. The number of benzene rings is 1. The van der Waals surface area contributed by atoms with Crippen LogP contribution >= 0.6 is 0 Å². The lowest BCUT2D eigenvalue weighted by Crippen LogP contribution is -2.51. The highest BCUT2D eigenvalue weighted by Crippen LogP contribution is 2.31. The smallest absolute Gasteiger partial charge is 0.305 e. The Morgan fingerprint density at radius 2 is 1.67 bits per heavy atom. The highest BCUT2D eigenvalue weighted by atomic mass is 19.1. The molecule has 1 aliphatic rings. The Morgan fingerprint density at radius 1 is 1.10 bits per heavy atom. The Labute approximate surface area is 121 Å². The molecule has 0 bridgehead atoms. The van der Waals surface area contributed by atoms with Crippen molar-refractivity contribution in [1.29, 1.82) is 0 Å². The van der Waals surface area contributed by atoms with Gasteiger partial charge in [0.25, 0.3) is 5.91 Å². The third kappa shape index (κ3) is 4.00. The molecule has 0 heterocycles. The van der Waals surface area contributed by atoms with E-state index in [1.807, 2.05) is 0 Å². The molecule has 4 nitrogen and oxygen atoms in total. The molecule has 0 aliphatic heterocycles. The Morgan fingerprint density at radius 3 is 2.19 bits per heavy atom. The van der Waals surface area contributed by atoms with Crippen molar-refractivity contribution in [3.05, 3.63) is 35.4 Å². The molecular formula is C15H17F2NO3. The van der Waals surface area contributed by atoms with Crippen LogP contribution in [-0.2, 0) is 4.79 Å². The number of nitrogens with one attached hydrogen (secondary N) is 1. The summed E-state index contributed by atoms with van der Waals surface area (Å²) in [5.74, 6) is -3.31. The summed E-state index contributed by atoms with van der Waals surface area (Å²) in [6, 6.07) is 2.57. The van der Waals surface area contributed by atoms with E-state index in [0.717, 1.165) is 31.4 Å². The number of carboxylic acids is 1. The van der Waals surface area contributed by atoms with E-state index in [9.17, 15) is 18.4 Å². The summed E-state index contributed by atoms with van der Waals surface area (Å²) < 4.78 is 26.3. The monoisotopic (exact) mass is 297 g/mol. The van der Waals surface area contributed by atoms with Crippen LogP contribution in [0.15, 0.2) is 18.2 Å². The Bertz CT molecular complexity index is 534. The van der Waals surface area contributed by atoms with Gasteiger partial charge in [0.05, 0.1) is 12.0 Å². The van der Waals surface area contributed by atoms with E-state index >= 15 is 0 Å². The van der Waals surface area contributed by atoms with Crippen LogP contribution < -0.4 is 5.32 Å². The summed E-state index contributed by atoms with van der Waals surface area (Å²) in [4.78, 5) is 23.2. The van der Waals surface area contributed by atoms with Crippen LogP contribution in [0.5, 0.6) is 0 Å². The van der Waals surface area contributed by atoms with Gasteiger partial charge in [-0.15, -0.1) is 0 Å². The number of carbonyl (C=O) groups excluding carboxylic acids is 1. The normalized spacial score (nSPS) is 17.2. The maximum atomic E-state index is 13.2. The quantitative estimate of drug-likeness (QED) is 0.898. The Hall–Kier alpha value is -1.98. The molecule has 1 aromatic rings. The molecule has 0 atom stereocenters. The first kappa shape index (κ1) is 15.4. The zero-order valence-electron chi connectivity index (χ0n) is 11.5. The molecule has 6 heteroatoms. The van der Waals surface area contributed by atoms with Gasteiger partial charge in [-0.2, -0.15) is 0 Å². The van der Waals surface area contributed by atoms with Crippen molar-refractivity contribution in [1.82, 2.24) is 5.32 Å². The third-order valence-corrected chi connectivity index (χ3v) is 3.80. The molecule has 1 amide bonds. The fourth-order valence-electron chi connectivity index (χ4n) is 2.86. The van der Waals surface area contributed by atoms with Crippen molar-refractivity contribution < 1.29 is 23.5 Å². The zero-order valence-corrected chi connectivity index (χ0v) is 11.5. The van der Waals surface area contributed by atoms with Gasteiger partial charge in [-0.05, 0) is 25.0 Å². The molecule has 1 saturated carbocycles. The molecule has 0 aromatic heterocycles. The number of rotatable bonds is 4. The average Bonchev–Trinajstić information content (AvgIpc) is 2.37. The van der Waals surface area contributed by atoms with Gasteiger partial charge in [-0.25, -0.2) is 8.78 Å². The molecule has 1 aromatic carbocycles. The van der Waals surface area contributed by atoms with Gasteiger partial charge in [0.2, 0.25) is 0 Å². The van der Waals surface area contributed by atoms with Crippen molar-refractivity contribution in [2.24, 2.45) is 0 Å². The van der Waals surface area contributed by atoms with Gasteiger partial charge >= 0.3 is 5.97 Å². The Balaban J connectivity index is 2.19. The van der Waals surface area contributed by atoms with Gasteiger partial charge in [-0.1, -0.05) is 19.3 Å².